The molecule has 0 atom stereocenters. The van der Waals surface area contributed by atoms with Crippen LogP contribution in [-0.4, -0.2) is 19.2 Å². The summed E-state index contributed by atoms with van der Waals surface area (Å²) in [7, 11) is 0. The lowest BCUT2D eigenvalue weighted by Crippen LogP contribution is -2.25. The minimum absolute atomic E-state index is 0.0152. The van der Waals surface area contributed by atoms with E-state index in [1.165, 1.54) is 22.2 Å². The minimum atomic E-state index is -0.0152. The van der Waals surface area contributed by atoms with Gasteiger partial charge in [0.05, 0.1) is 0 Å². The highest BCUT2D eigenvalue weighted by molar-refractivity contribution is 5.79. The van der Waals surface area contributed by atoms with Crippen molar-refractivity contribution < 1.29 is 5.11 Å². The van der Waals surface area contributed by atoms with Crippen LogP contribution in [0.3, 0.4) is 0 Å². The molecule has 0 amide bonds. The molecule has 0 saturated carbocycles. The Bertz CT molecular complexity index is 1300. The summed E-state index contributed by atoms with van der Waals surface area (Å²) < 4.78 is 4.22. The first-order valence-corrected chi connectivity index (χ1v) is 11.1. The number of hydrogen-bond acceptors (Lipinski definition) is 1. The Morgan fingerprint density at radius 2 is 1.35 bits per heavy atom. The van der Waals surface area contributed by atoms with Gasteiger partial charge in [0, 0.05) is 12.0 Å². The number of aromatic hydroxyl groups is 1. The van der Waals surface area contributed by atoms with Crippen molar-refractivity contribution in [1.29, 1.82) is 0 Å². The Morgan fingerprint density at radius 3 is 1.94 bits per heavy atom. The van der Waals surface area contributed by atoms with E-state index in [0.717, 1.165) is 17.7 Å². The van der Waals surface area contributed by atoms with E-state index in [1.54, 1.807) is 0 Å². The van der Waals surface area contributed by atoms with Crippen LogP contribution in [0.25, 0.3) is 16.7 Å². The van der Waals surface area contributed by atoms with Crippen LogP contribution in [0.2, 0.25) is 0 Å². The molecule has 0 fully saturated rings. The fourth-order valence-electron chi connectivity index (χ4n) is 5.10. The molecule has 2 aromatic heterocycles. The van der Waals surface area contributed by atoms with Crippen molar-refractivity contribution >= 4 is 11.0 Å². The van der Waals surface area contributed by atoms with Gasteiger partial charge in [-0.15, -0.1) is 14.1 Å². The number of aromatic nitrogens is 3. The number of rotatable bonds is 5. The van der Waals surface area contributed by atoms with Crippen molar-refractivity contribution in [3.8, 4) is 11.4 Å². The molecule has 0 spiro atoms. The smallest absolute Gasteiger partial charge is 0.146 e. The molecule has 0 aliphatic rings. The summed E-state index contributed by atoms with van der Waals surface area (Å²) in [6, 6.07) is 23.1. The topological polar surface area (TPSA) is 34.0 Å². The highest BCUT2D eigenvalue weighted by atomic mass is 16.3. The molecule has 0 bridgehead atoms. The van der Waals surface area contributed by atoms with Gasteiger partial charge in [-0.25, -0.2) is 0 Å². The van der Waals surface area contributed by atoms with Crippen molar-refractivity contribution in [3.05, 3.63) is 83.4 Å². The fourth-order valence-corrected chi connectivity index (χ4v) is 5.10. The van der Waals surface area contributed by atoms with Crippen molar-refractivity contribution in [2.24, 2.45) is 5.41 Å². The number of nitrogens with zero attached hydrogens (tertiary/aromatic N) is 3. The zero-order valence-corrected chi connectivity index (χ0v) is 19.1. The van der Waals surface area contributed by atoms with Gasteiger partial charge in [0.2, 0.25) is 0 Å². The molecule has 2 heterocycles. The molecule has 4 nitrogen and oxygen atoms in total. The van der Waals surface area contributed by atoms with Crippen molar-refractivity contribution in [2.45, 2.75) is 52.9 Å². The molecule has 3 aromatic carbocycles. The Hall–Kier alpha value is -3.14. The Labute approximate surface area is 183 Å². The van der Waals surface area contributed by atoms with Crippen molar-refractivity contribution in [1.82, 2.24) is 14.1 Å². The number of benzene rings is 3. The molecular formula is C27H31N3O. The predicted octanol–water partition coefficient (Wildman–Crippen LogP) is 6.43. The van der Waals surface area contributed by atoms with Gasteiger partial charge in [-0.05, 0) is 46.6 Å². The van der Waals surface area contributed by atoms with E-state index in [4.69, 9.17) is 0 Å². The van der Waals surface area contributed by atoms with Gasteiger partial charge in [0.25, 0.3) is 0 Å². The second-order valence-electron chi connectivity index (χ2n) is 10.6. The highest BCUT2D eigenvalue weighted by Gasteiger charge is 2.31. The van der Waals surface area contributed by atoms with Crippen LogP contribution >= 0.6 is 0 Å². The largest absolute Gasteiger partial charge is 0.505 e. The minimum Gasteiger partial charge on any atom is -0.505 e. The highest BCUT2D eigenvalue weighted by Crippen LogP contribution is 2.41. The second-order valence-corrected chi connectivity index (χ2v) is 10.6. The van der Waals surface area contributed by atoms with Crippen LogP contribution in [-0.2, 0) is 11.8 Å². The predicted molar refractivity (Wildman–Crippen MR) is 127 cm³/mol. The molecule has 0 unspecified atom stereocenters. The maximum absolute atomic E-state index is 11.3. The molecule has 1 N–H and O–H groups in total. The van der Waals surface area contributed by atoms with Gasteiger partial charge in [-0.3, -0.25) is 0 Å². The van der Waals surface area contributed by atoms with Crippen LogP contribution in [0, 0.1) is 5.41 Å². The van der Waals surface area contributed by atoms with E-state index in [0.29, 0.717) is 12.2 Å². The Balaban J connectivity index is 1.66. The summed E-state index contributed by atoms with van der Waals surface area (Å²) >= 11 is 0. The average molecular weight is 414 g/mol. The summed E-state index contributed by atoms with van der Waals surface area (Å²) in [5.41, 5.74) is 6.82. The number of fused-ring (bicyclic) bond motifs is 4. The molecule has 31 heavy (non-hydrogen) atoms. The van der Waals surface area contributed by atoms with E-state index >= 15 is 0 Å². The third-order valence-corrected chi connectivity index (χ3v) is 6.20. The van der Waals surface area contributed by atoms with Gasteiger partial charge < -0.3 is 5.11 Å². The Kier molecular flexibility index (Phi) is 4.27. The second kappa shape index (κ2) is 6.68. The van der Waals surface area contributed by atoms with Crippen LogP contribution in [0.4, 0.5) is 0 Å². The molecule has 5 aromatic rings. The van der Waals surface area contributed by atoms with Gasteiger partial charge in [-0.1, -0.05) is 83.1 Å². The summed E-state index contributed by atoms with van der Waals surface area (Å²) in [6.07, 6.45) is 1.77. The zero-order valence-electron chi connectivity index (χ0n) is 19.1. The molecule has 0 aliphatic carbocycles. The molecule has 5 rings (SSSR count). The third kappa shape index (κ3) is 3.40. The molecule has 0 radical (unpaired) electrons. The van der Waals surface area contributed by atoms with Crippen LogP contribution in [0.5, 0.6) is 5.75 Å². The standard InChI is InChI=1S/C27H31N3O/c1-26(2,3)18-27(4,5)21-16-20(15-19-11-7-6-8-12-19)25(31)24(17-21)30-28-22-13-9-10-14-23(22)29(28)30/h6-14,16-17,31H,15,18H2,1-5H3. The SMILES string of the molecule is CC(C)(C)CC(C)(C)c1cc(Cc2ccccc2)c(O)c(-n2n3c4ccccc4n23)c1. The lowest BCUT2D eigenvalue weighted by Gasteiger charge is -2.33. The van der Waals surface area contributed by atoms with Gasteiger partial charge in [-0.2, -0.15) is 0 Å². The maximum Gasteiger partial charge on any atom is 0.146 e. The number of phenolic OH excluding ortho intramolecular Hbond substituents is 1. The summed E-state index contributed by atoms with van der Waals surface area (Å²) in [5, 5.41) is 11.3. The first-order valence-electron chi connectivity index (χ1n) is 11.1. The molecule has 160 valence electrons. The summed E-state index contributed by atoms with van der Waals surface area (Å²) in [6.45, 7) is 11.5. The molecular weight excluding hydrogens is 382 g/mol. The Morgan fingerprint density at radius 1 is 0.774 bits per heavy atom. The molecule has 0 saturated heterocycles. The lowest BCUT2D eigenvalue weighted by atomic mass is 9.72. The zero-order chi connectivity index (χ0) is 22.0. The van der Waals surface area contributed by atoms with Crippen LogP contribution < -0.4 is 0 Å². The molecule has 0 aliphatic heterocycles. The van der Waals surface area contributed by atoms with E-state index in [2.05, 4.69) is 109 Å². The van der Waals surface area contributed by atoms with E-state index in [-0.39, 0.29) is 10.8 Å². The number of hydrogen-bond donors (Lipinski definition) is 1. The lowest BCUT2D eigenvalue weighted by molar-refractivity contribution is 0.284. The number of phenols is 1. The van der Waals surface area contributed by atoms with Crippen molar-refractivity contribution in [3.63, 3.8) is 0 Å². The van der Waals surface area contributed by atoms with Crippen LogP contribution in [0.15, 0.2) is 66.7 Å². The van der Waals surface area contributed by atoms with E-state index in [1.807, 2.05) is 6.07 Å². The average Bonchev–Trinajstić information content (AvgIpc) is 3.35. The summed E-state index contributed by atoms with van der Waals surface area (Å²) in [4.78, 5) is 2.07. The number of para-hydroxylation sites is 2. The van der Waals surface area contributed by atoms with Crippen LogP contribution in [0.1, 0.15) is 57.7 Å². The first kappa shape index (κ1) is 19.8. The van der Waals surface area contributed by atoms with Gasteiger partial charge in [0.1, 0.15) is 22.5 Å². The van der Waals surface area contributed by atoms with E-state index in [9.17, 15) is 5.11 Å². The normalized spacial score (nSPS) is 13.1. The van der Waals surface area contributed by atoms with Gasteiger partial charge >= 0.3 is 0 Å². The first-order chi connectivity index (χ1) is 14.7. The fraction of sp³-hybridized carbons (Fsp3) is 0.333. The molecule has 4 heteroatoms. The van der Waals surface area contributed by atoms with Gasteiger partial charge in [0.15, 0.2) is 0 Å². The third-order valence-electron chi connectivity index (χ3n) is 6.20. The monoisotopic (exact) mass is 413 g/mol. The maximum atomic E-state index is 11.3. The van der Waals surface area contributed by atoms with E-state index < -0.39 is 0 Å². The van der Waals surface area contributed by atoms with Crippen molar-refractivity contribution in [2.75, 3.05) is 0 Å². The summed E-state index contributed by atoms with van der Waals surface area (Å²) in [5.74, 6) is 0.361. The quantitative estimate of drug-likeness (QED) is 0.354.